The topological polar surface area (TPSA) is 60.5 Å². The average molecular weight is 327 g/mol. The van der Waals surface area contributed by atoms with Crippen LogP contribution in [0.1, 0.15) is 20.4 Å². The number of aryl methyl sites for hydroxylation is 1. The van der Waals surface area contributed by atoms with E-state index in [4.69, 9.17) is 21.1 Å². The van der Waals surface area contributed by atoms with Crippen LogP contribution < -0.4 is 10.1 Å². The van der Waals surface area contributed by atoms with E-state index < -0.39 is 0 Å². The van der Waals surface area contributed by atoms with Crippen molar-refractivity contribution in [3.05, 3.63) is 38.8 Å². The SMILES string of the molecule is COCc1nc(C)c(C(=O)Nc2ccc(OC)c(Cl)c2)s1. The van der Waals surface area contributed by atoms with Gasteiger partial charge in [-0.1, -0.05) is 11.6 Å². The normalized spacial score (nSPS) is 10.5. The molecule has 0 aliphatic carbocycles. The van der Waals surface area contributed by atoms with Gasteiger partial charge in [-0.2, -0.15) is 0 Å². The van der Waals surface area contributed by atoms with Gasteiger partial charge in [0.25, 0.3) is 5.91 Å². The van der Waals surface area contributed by atoms with E-state index in [9.17, 15) is 4.79 Å². The Labute approximate surface area is 131 Å². The lowest BCUT2D eigenvalue weighted by Gasteiger charge is -2.07. The first-order valence-electron chi connectivity index (χ1n) is 6.15. The number of nitrogens with one attached hydrogen (secondary N) is 1. The highest BCUT2D eigenvalue weighted by atomic mass is 35.5. The lowest BCUT2D eigenvalue weighted by molar-refractivity contribution is 0.103. The van der Waals surface area contributed by atoms with Crippen LogP contribution in [-0.4, -0.2) is 25.1 Å². The first-order valence-corrected chi connectivity index (χ1v) is 7.34. The third-order valence-corrected chi connectivity index (χ3v) is 4.15. The monoisotopic (exact) mass is 326 g/mol. The van der Waals surface area contributed by atoms with Gasteiger partial charge in [0.15, 0.2) is 0 Å². The van der Waals surface area contributed by atoms with E-state index in [1.165, 1.54) is 18.4 Å². The van der Waals surface area contributed by atoms with E-state index in [1.807, 2.05) is 0 Å². The molecule has 0 aliphatic heterocycles. The van der Waals surface area contributed by atoms with E-state index in [0.717, 1.165) is 5.01 Å². The minimum absolute atomic E-state index is 0.214. The minimum Gasteiger partial charge on any atom is -0.495 e. The summed E-state index contributed by atoms with van der Waals surface area (Å²) in [6, 6.07) is 5.08. The number of aromatic nitrogens is 1. The second-order valence-corrected chi connectivity index (χ2v) is 5.75. The first-order chi connectivity index (χ1) is 10.0. The van der Waals surface area contributed by atoms with Gasteiger partial charge in [0.2, 0.25) is 0 Å². The molecule has 0 aliphatic rings. The summed E-state index contributed by atoms with van der Waals surface area (Å²) in [7, 11) is 3.13. The summed E-state index contributed by atoms with van der Waals surface area (Å²) in [6.07, 6.45) is 0. The van der Waals surface area contributed by atoms with Crippen LogP contribution in [0.3, 0.4) is 0 Å². The molecule has 0 radical (unpaired) electrons. The van der Waals surface area contributed by atoms with Crippen molar-refractivity contribution >= 4 is 34.5 Å². The van der Waals surface area contributed by atoms with Crippen LogP contribution in [0, 0.1) is 6.92 Å². The van der Waals surface area contributed by atoms with Crippen molar-refractivity contribution in [1.29, 1.82) is 0 Å². The molecular weight excluding hydrogens is 312 g/mol. The molecule has 0 saturated heterocycles. The lowest BCUT2D eigenvalue weighted by Crippen LogP contribution is -2.11. The lowest BCUT2D eigenvalue weighted by atomic mass is 10.3. The second kappa shape index (κ2) is 6.89. The molecule has 1 aromatic heterocycles. The summed E-state index contributed by atoms with van der Waals surface area (Å²) >= 11 is 7.35. The van der Waals surface area contributed by atoms with E-state index in [2.05, 4.69) is 10.3 Å². The Bertz CT molecular complexity index is 658. The molecule has 1 heterocycles. The van der Waals surface area contributed by atoms with Gasteiger partial charge in [0.05, 0.1) is 24.4 Å². The Morgan fingerprint density at radius 3 is 2.81 bits per heavy atom. The van der Waals surface area contributed by atoms with Crippen molar-refractivity contribution in [1.82, 2.24) is 4.98 Å². The van der Waals surface area contributed by atoms with Gasteiger partial charge < -0.3 is 14.8 Å². The molecule has 5 nitrogen and oxygen atoms in total. The zero-order chi connectivity index (χ0) is 15.4. The Morgan fingerprint density at radius 2 is 2.19 bits per heavy atom. The zero-order valence-electron chi connectivity index (χ0n) is 11.9. The van der Waals surface area contributed by atoms with Crippen molar-refractivity contribution in [3.63, 3.8) is 0 Å². The number of carbonyl (C=O) groups excluding carboxylic acids is 1. The molecule has 0 unspecified atom stereocenters. The van der Waals surface area contributed by atoms with Crippen LogP contribution in [0.15, 0.2) is 18.2 Å². The first kappa shape index (κ1) is 15.8. The number of hydrogen-bond acceptors (Lipinski definition) is 5. The number of carbonyl (C=O) groups is 1. The molecule has 0 bridgehead atoms. The molecular formula is C14H15ClN2O3S. The fraction of sp³-hybridized carbons (Fsp3) is 0.286. The van der Waals surface area contributed by atoms with Crippen molar-refractivity contribution < 1.29 is 14.3 Å². The number of methoxy groups -OCH3 is 2. The van der Waals surface area contributed by atoms with Crippen LogP contribution in [0.5, 0.6) is 5.75 Å². The van der Waals surface area contributed by atoms with Crippen LogP contribution in [0.2, 0.25) is 5.02 Å². The number of anilines is 1. The molecule has 21 heavy (non-hydrogen) atoms. The highest BCUT2D eigenvalue weighted by Crippen LogP contribution is 2.28. The number of rotatable bonds is 5. The Hall–Kier alpha value is -1.63. The van der Waals surface area contributed by atoms with E-state index >= 15 is 0 Å². The Morgan fingerprint density at radius 1 is 1.43 bits per heavy atom. The standard InChI is InChI=1S/C14H15ClN2O3S/c1-8-13(21-12(16-8)7-19-2)14(18)17-9-4-5-11(20-3)10(15)6-9/h4-6H,7H2,1-3H3,(H,17,18). The van der Waals surface area contributed by atoms with Crippen LogP contribution in [0.4, 0.5) is 5.69 Å². The number of amides is 1. The number of ether oxygens (including phenoxy) is 2. The van der Waals surface area contributed by atoms with Gasteiger partial charge in [-0.25, -0.2) is 4.98 Å². The number of benzene rings is 1. The highest BCUT2D eigenvalue weighted by Gasteiger charge is 2.16. The third kappa shape index (κ3) is 3.72. The van der Waals surface area contributed by atoms with E-state index in [0.29, 0.717) is 33.6 Å². The zero-order valence-corrected chi connectivity index (χ0v) is 13.5. The molecule has 2 rings (SSSR count). The fourth-order valence-electron chi connectivity index (χ4n) is 1.78. The summed E-state index contributed by atoms with van der Waals surface area (Å²) in [5, 5.41) is 4.01. The van der Waals surface area contributed by atoms with Crippen molar-refractivity contribution in [2.45, 2.75) is 13.5 Å². The van der Waals surface area contributed by atoms with E-state index in [1.54, 1.807) is 32.2 Å². The largest absolute Gasteiger partial charge is 0.495 e. The number of thiazole rings is 1. The highest BCUT2D eigenvalue weighted by molar-refractivity contribution is 7.13. The summed E-state index contributed by atoms with van der Waals surface area (Å²) in [5.41, 5.74) is 1.29. The summed E-state index contributed by atoms with van der Waals surface area (Å²) in [5.74, 6) is 0.347. The number of hydrogen-bond donors (Lipinski definition) is 1. The van der Waals surface area contributed by atoms with Crippen LogP contribution in [0.25, 0.3) is 0 Å². The summed E-state index contributed by atoms with van der Waals surface area (Å²) < 4.78 is 10.1. The molecule has 1 amide bonds. The van der Waals surface area contributed by atoms with Crippen LogP contribution in [-0.2, 0) is 11.3 Å². The quantitative estimate of drug-likeness (QED) is 0.913. The Kier molecular flexibility index (Phi) is 5.17. The maximum absolute atomic E-state index is 12.3. The van der Waals surface area contributed by atoms with Gasteiger partial charge in [-0.3, -0.25) is 4.79 Å². The van der Waals surface area contributed by atoms with Gasteiger partial charge in [0, 0.05) is 12.8 Å². The molecule has 0 saturated carbocycles. The van der Waals surface area contributed by atoms with Gasteiger partial charge in [-0.05, 0) is 25.1 Å². The number of nitrogens with zero attached hydrogens (tertiary/aromatic N) is 1. The minimum atomic E-state index is -0.214. The van der Waals surface area contributed by atoms with Gasteiger partial charge in [0.1, 0.15) is 15.6 Å². The number of halogens is 1. The molecule has 1 N–H and O–H groups in total. The fourth-order valence-corrected chi connectivity index (χ4v) is 2.97. The maximum atomic E-state index is 12.3. The maximum Gasteiger partial charge on any atom is 0.267 e. The van der Waals surface area contributed by atoms with Crippen molar-refractivity contribution in [2.24, 2.45) is 0 Å². The van der Waals surface area contributed by atoms with Gasteiger partial charge >= 0.3 is 0 Å². The third-order valence-electron chi connectivity index (χ3n) is 2.72. The molecule has 0 atom stereocenters. The van der Waals surface area contributed by atoms with Crippen molar-refractivity contribution in [3.8, 4) is 5.75 Å². The molecule has 0 fully saturated rings. The average Bonchev–Trinajstić information content (AvgIpc) is 2.80. The Balaban J connectivity index is 2.16. The smallest absolute Gasteiger partial charge is 0.267 e. The van der Waals surface area contributed by atoms with Crippen LogP contribution >= 0.6 is 22.9 Å². The van der Waals surface area contributed by atoms with E-state index in [-0.39, 0.29) is 5.91 Å². The van der Waals surface area contributed by atoms with Crippen molar-refractivity contribution in [2.75, 3.05) is 19.5 Å². The second-order valence-electron chi connectivity index (χ2n) is 4.26. The molecule has 0 spiro atoms. The molecule has 112 valence electrons. The molecule has 7 heteroatoms. The molecule has 2 aromatic rings. The predicted octanol–water partition coefficient (Wildman–Crippen LogP) is 3.51. The van der Waals surface area contributed by atoms with Gasteiger partial charge in [-0.15, -0.1) is 11.3 Å². The molecule has 1 aromatic carbocycles. The summed E-state index contributed by atoms with van der Waals surface area (Å²) in [6.45, 7) is 2.19. The predicted molar refractivity (Wildman–Crippen MR) is 83.5 cm³/mol. The summed E-state index contributed by atoms with van der Waals surface area (Å²) in [4.78, 5) is 17.1.